The van der Waals surface area contributed by atoms with Crippen LogP contribution in [0.5, 0.6) is 11.5 Å². The van der Waals surface area contributed by atoms with Gasteiger partial charge >= 0.3 is 5.97 Å². The fourth-order valence-corrected chi connectivity index (χ4v) is 2.79. The molecule has 0 saturated carbocycles. The summed E-state index contributed by atoms with van der Waals surface area (Å²) in [5, 5.41) is 13.1. The molecule has 0 aliphatic carbocycles. The maximum absolute atomic E-state index is 11.1. The average molecular weight is 398 g/mol. The number of nitrogens with one attached hydrogen (secondary N) is 1. The van der Waals surface area contributed by atoms with Crippen molar-refractivity contribution >= 4 is 34.9 Å². The van der Waals surface area contributed by atoms with Crippen LogP contribution in [0.3, 0.4) is 0 Å². The minimum atomic E-state index is -1.01. The second-order valence-electron chi connectivity index (χ2n) is 5.86. The van der Waals surface area contributed by atoms with Gasteiger partial charge in [0.1, 0.15) is 0 Å². The lowest BCUT2D eigenvalue weighted by atomic mass is 10.1. The van der Waals surface area contributed by atoms with E-state index in [0.717, 1.165) is 5.56 Å². The molecule has 26 heavy (non-hydrogen) atoms. The molecular weight excluding hydrogens is 377 g/mol. The first-order chi connectivity index (χ1) is 12.3. The molecule has 0 bridgehead atoms. The minimum absolute atomic E-state index is 0.0340. The lowest BCUT2D eigenvalue weighted by molar-refractivity contribution is 0.0697. The van der Waals surface area contributed by atoms with Crippen LogP contribution >= 0.6 is 23.2 Å². The SMILES string of the molecule is CCOc1cc(CNc2cc(C(=O)O)ccc2Cl)cc(Cl)c1OC(C)C. The van der Waals surface area contributed by atoms with E-state index in [2.05, 4.69) is 5.32 Å². The molecular formula is C19H21Cl2NO4. The molecule has 2 aromatic rings. The van der Waals surface area contributed by atoms with Gasteiger partial charge in [-0.15, -0.1) is 0 Å². The zero-order valence-electron chi connectivity index (χ0n) is 14.8. The number of hydrogen-bond acceptors (Lipinski definition) is 4. The molecule has 2 N–H and O–H groups in total. The Kier molecular flexibility index (Phi) is 7.00. The zero-order valence-corrected chi connectivity index (χ0v) is 16.3. The van der Waals surface area contributed by atoms with E-state index in [9.17, 15) is 4.79 Å². The lowest BCUT2D eigenvalue weighted by Gasteiger charge is -2.18. The molecule has 0 atom stereocenters. The van der Waals surface area contributed by atoms with Crippen molar-refractivity contribution in [3.05, 3.63) is 51.5 Å². The van der Waals surface area contributed by atoms with Crippen LogP contribution in [0.25, 0.3) is 0 Å². The summed E-state index contributed by atoms with van der Waals surface area (Å²) in [4.78, 5) is 11.1. The van der Waals surface area contributed by atoms with Gasteiger partial charge in [-0.3, -0.25) is 0 Å². The van der Waals surface area contributed by atoms with E-state index < -0.39 is 5.97 Å². The minimum Gasteiger partial charge on any atom is -0.490 e. The number of ether oxygens (including phenoxy) is 2. The van der Waals surface area contributed by atoms with Crippen LogP contribution in [0.2, 0.25) is 10.0 Å². The smallest absolute Gasteiger partial charge is 0.335 e. The average Bonchev–Trinajstić information content (AvgIpc) is 2.57. The highest BCUT2D eigenvalue weighted by molar-refractivity contribution is 6.33. The molecule has 0 amide bonds. The summed E-state index contributed by atoms with van der Waals surface area (Å²) < 4.78 is 11.4. The first-order valence-electron chi connectivity index (χ1n) is 8.20. The van der Waals surface area contributed by atoms with Crippen molar-refractivity contribution in [1.29, 1.82) is 0 Å². The lowest BCUT2D eigenvalue weighted by Crippen LogP contribution is -2.09. The second kappa shape index (κ2) is 9.01. The second-order valence-corrected chi connectivity index (χ2v) is 6.67. The fraction of sp³-hybridized carbons (Fsp3) is 0.316. The van der Waals surface area contributed by atoms with Crippen LogP contribution in [-0.4, -0.2) is 23.8 Å². The van der Waals surface area contributed by atoms with Gasteiger partial charge in [-0.25, -0.2) is 4.79 Å². The van der Waals surface area contributed by atoms with Crippen LogP contribution in [0.1, 0.15) is 36.7 Å². The summed E-state index contributed by atoms with van der Waals surface area (Å²) >= 11 is 12.5. The van der Waals surface area contributed by atoms with Crippen molar-refractivity contribution in [3.63, 3.8) is 0 Å². The van der Waals surface area contributed by atoms with Gasteiger partial charge in [-0.1, -0.05) is 23.2 Å². The number of aromatic carboxylic acids is 1. The molecule has 2 rings (SSSR count). The summed E-state index contributed by atoms with van der Waals surface area (Å²) in [6, 6.07) is 8.12. The van der Waals surface area contributed by atoms with Crippen LogP contribution in [0.4, 0.5) is 5.69 Å². The highest BCUT2D eigenvalue weighted by Crippen LogP contribution is 2.37. The topological polar surface area (TPSA) is 67.8 Å². The van der Waals surface area contributed by atoms with Crippen molar-refractivity contribution in [1.82, 2.24) is 0 Å². The summed E-state index contributed by atoms with van der Waals surface area (Å²) in [7, 11) is 0. The number of halogens is 2. The molecule has 0 aromatic heterocycles. The molecule has 0 heterocycles. The normalized spacial score (nSPS) is 10.7. The molecule has 7 heteroatoms. The van der Waals surface area contributed by atoms with E-state index in [-0.39, 0.29) is 11.7 Å². The molecule has 0 fully saturated rings. The maximum Gasteiger partial charge on any atom is 0.335 e. The van der Waals surface area contributed by atoms with Crippen molar-refractivity contribution in [2.75, 3.05) is 11.9 Å². The Balaban J connectivity index is 2.24. The van der Waals surface area contributed by atoms with Gasteiger partial charge in [0.25, 0.3) is 0 Å². The quantitative estimate of drug-likeness (QED) is 0.616. The monoisotopic (exact) mass is 397 g/mol. The van der Waals surface area contributed by atoms with E-state index >= 15 is 0 Å². The number of hydrogen-bond donors (Lipinski definition) is 2. The number of carboxylic acids is 1. The highest BCUT2D eigenvalue weighted by Gasteiger charge is 2.14. The first-order valence-corrected chi connectivity index (χ1v) is 8.96. The van der Waals surface area contributed by atoms with E-state index in [4.69, 9.17) is 37.8 Å². The Morgan fingerprint density at radius 3 is 2.54 bits per heavy atom. The molecule has 0 aliphatic heterocycles. The zero-order chi connectivity index (χ0) is 19.3. The first kappa shape index (κ1) is 20.2. The maximum atomic E-state index is 11.1. The standard InChI is InChI=1S/C19H21Cl2NO4/c1-4-25-17-8-12(7-15(21)18(17)26-11(2)3)10-22-16-9-13(19(23)24)5-6-14(16)20/h5-9,11,22H,4,10H2,1-3H3,(H,23,24). The van der Waals surface area contributed by atoms with Crippen molar-refractivity contribution in [2.45, 2.75) is 33.4 Å². The predicted molar refractivity (Wildman–Crippen MR) is 104 cm³/mol. The van der Waals surface area contributed by atoms with E-state index in [1.54, 1.807) is 12.1 Å². The van der Waals surface area contributed by atoms with Crippen molar-refractivity contribution in [2.24, 2.45) is 0 Å². The van der Waals surface area contributed by atoms with Gasteiger partial charge in [-0.05, 0) is 56.7 Å². The largest absolute Gasteiger partial charge is 0.490 e. The summed E-state index contributed by atoms with van der Waals surface area (Å²) in [5.74, 6) is 0.0654. The van der Waals surface area contributed by atoms with Gasteiger partial charge in [0, 0.05) is 6.54 Å². The molecule has 0 radical (unpaired) electrons. The number of rotatable bonds is 8. The van der Waals surface area contributed by atoms with Crippen molar-refractivity contribution in [3.8, 4) is 11.5 Å². The molecule has 0 spiro atoms. The van der Waals surface area contributed by atoms with Crippen LogP contribution in [0.15, 0.2) is 30.3 Å². The number of anilines is 1. The number of carboxylic acid groups (broad SMARTS) is 1. The molecule has 140 valence electrons. The third-order valence-corrected chi connectivity index (χ3v) is 4.03. The third kappa shape index (κ3) is 5.19. The third-order valence-electron chi connectivity index (χ3n) is 3.42. The summed E-state index contributed by atoms with van der Waals surface area (Å²) in [6.45, 7) is 6.59. The summed E-state index contributed by atoms with van der Waals surface area (Å²) in [6.07, 6.45) is -0.0340. The Morgan fingerprint density at radius 2 is 1.92 bits per heavy atom. The Bertz CT molecular complexity index is 793. The number of carbonyl (C=O) groups is 1. The van der Waals surface area contributed by atoms with Crippen LogP contribution in [-0.2, 0) is 6.54 Å². The van der Waals surface area contributed by atoms with Crippen LogP contribution in [0, 0.1) is 0 Å². The number of benzene rings is 2. The van der Waals surface area contributed by atoms with E-state index in [1.165, 1.54) is 12.1 Å². The van der Waals surface area contributed by atoms with Gasteiger partial charge in [0.2, 0.25) is 0 Å². The Hall–Kier alpha value is -2.11. The van der Waals surface area contributed by atoms with E-state index in [0.29, 0.717) is 40.4 Å². The van der Waals surface area contributed by atoms with Gasteiger partial charge < -0.3 is 19.9 Å². The van der Waals surface area contributed by atoms with Gasteiger partial charge in [0.15, 0.2) is 11.5 Å². The Morgan fingerprint density at radius 1 is 1.19 bits per heavy atom. The Labute approximate surface area is 162 Å². The molecule has 2 aromatic carbocycles. The predicted octanol–water partition coefficient (Wildman–Crippen LogP) is 5.49. The molecule has 0 saturated heterocycles. The summed E-state index contributed by atoms with van der Waals surface area (Å²) in [5.41, 5.74) is 1.54. The highest BCUT2D eigenvalue weighted by atomic mass is 35.5. The van der Waals surface area contributed by atoms with Crippen molar-refractivity contribution < 1.29 is 19.4 Å². The fourth-order valence-electron chi connectivity index (χ4n) is 2.33. The molecule has 0 unspecified atom stereocenters. The van der Waals surface area contributed by atoms with Gasteiger partial charge in [-0.2, -0.15) is 0 Å². The van der Waals surface area contributed by atoms with Gasteiger partial charge in [0.05, 0.1) is 34.0 Å². The molecule has 5 nitrogen and oxygen atoms in total. The van der Waals surface area contributed by atoms with Crippen LogP contribution < -0.4 is 14.8 Å². The van der Waals surface area contributed by atoms with E-state index in [1.807, 2.05) is 26.8 Å². The molecule has 0 aliphatic rings.